The van der Waals surface area contributed by atoms with Gasteiger partial charge in [0.15, 0.2) is 0 Å². The summed E-state index contributed by atoms with van der Waals surface area (Å²) in [5, 5.41) is 2.81. The van der Waals surface area contributed by atoms with Gasteiger partial charge in [0.1, 0.15) is 5.82 Å². The molecule has 0 radical (unpaired) electrons. The van der Waals surface area contributed by atoms with Gasteiger partial charge in [-0.05, 0) is 13.0 Å². The van der Waals surface area contributed by atoms with Crippen LogP contribution in [-0.2, 0) is 11.3 Å². The molecule has 4 rings (SSSR count). The van der Waals surface area contributed by atoms with E-state index in [1.807, 2.05) is 18.0 Å². The maximum atomic E-state index is 11.5. The summed E-state index contributed by atoms with van der Waals surface area (Å²) in [5.74, 6) is 0.720. The molecule has 7 heteroatoms. The molecule has 1 fully saturated rings. The molecule has 4 heterocycles. The molecule has 1 amide bonds. The number of nitrogens with one attached hydrogen (secondary N) is 1. The lowest BCUT2D eigenvalue weighted by molar-refractivity contribution is -0.120. The number of carbonyl (C=O) groups excluding carboxylic acids is 1. The molecule has 7 nitrogen and oxygen atoms in total. The zero-order valence-corrected chi connectivity index (χ0v) is 12.8. The van der Waals surface area contributed by atoms with Crippen LogP contribution in [0.25, 0.3) is 11.3 Å². The first kappa shape index (κ1) is 13.8. The molecule has 1 saturated heterocycles. The van der Waals surface area contributed by atoms with Gasteiger partial charge in [-0.3, -0.25) is 19.8 Å². The number of nitrogens with zero attached hydrogens (tertiary/aromatic N) is 5. The van der Waals surface area contributed by atoms with Gasteiger partial charge in [0.05, 0.1) is 36.9 Å². The highest BCUT2D eigenvalue weighted by atomic mass is 16.2. The highest BCUT2D eigenvalue weighted by molar-refractivity contribution is 6.02. The predicted molar refractivity (Wildman–Crippen MR) is 86.4 cm³/mol. The first-order chi connectivity index (χ1) is 11.2. The van der Waals surface area contributed by atoms with E-state index >= 15 is 0 Å². The van der Waals surface area contributed by atoms with Crippen LogP contribution >= 0.6 is 0 Å². The molecule has 1 N–H and O–H groups in total. The molecule has 0 spiro atoms. The maximum Gasteiger partial charge on any atom is 0.239 e. The van der Waals surface area contributed by atoms with E-state index in [0.717, 1.165) is 34.8 Å². The second kappa shape index (κ2) is 5.42. The molecule has 2 aliphatic heterocycles. The number of carbonyl (C=O) groups is 1. The van der Waals surface area contributed by atoms with E-state index in [1.165, 1.54) is 0 Å². The van der Waals surface area contributed by atoms with Gasteiger partial charge in [0.25, 0.3) is 0 Å². The van der Waals surface area contributed by atoms with Gasteiger partial charge in [0, 0.05) is 36.1 Å². The number of pyridine rings is 1. The number of aromatic nitrogens is 3. The summed E-state index contributed by atoms with van der Waals surface area (Å²) in [6, 6.07) is 2.06. The third-order valence-electron chi connectivity index (χ3n) is 4.11. The van der Waals surface area contributed by atoms with Crippen LogP contribution in [0.5, 0.6) is 0 Å². The second-order valence-corrected chi connectivity index (χ2v) is 5.65. The SMILES string of the molecule is CC1=NCc2ncc(-c3cncc(N4CCNC(=O)C4)n3)cc21. The molecule has 2 aromatic heterocycles. The van der Waals surface area contributed by atoms with Crippen LogP contribution in [0.1, 0.15) is 18.2 Å². The molecular weight excluding hydrogens is 292 g/mol. The molecular formula is C16H16N6O. The Hall–Kier alpha value is -2.83. The minimum absolute atomic E-state index is 0.00878. The third-order valence-corrected chi connectivity index (χ3v) is 4.11. The van der Waals surface area contributed by atoms with E-state index in [9.17, 15) is 4.79 Å². The van der Waals surface area contributed by atoms with Crippen molar-refractivity contribution in [2.24, 2.45) is 4.99 Å². The largest absolute Gasteiger partial charge is 0.353 e. The van der Waals surface area contributed by atoms with E-state index in [0.29, 0.717) is 25.5 Å². The van der Waals surface area contributed by atoms with Crippen molar-refractivity contribution in [1.82, 2.24) is 20.3 Å². The number of hydrogen-bond acceptors (Lipinski definition) is 6. The monoisotopic (exact) mass is 308 g/mol. The first-order valence-corrected chi connectivity index (χ1v) is 7.55. The van der Waals surface area contributed by atoms with Gasteiger partial charge in [-0.25, -0.2) is 4.98 Å². The minimum Gasteiger partial charge on any atom is -0.353 e. The Morgan fingerprint density at radius 3 is 3.04 bits per heavy atom. The van der Waals surface area contributed by atoms with Gasteiger partial charge in [0.2, 0.25) is 5.91 Å². The standard InChI is InChI=1S/C16H16N6O/c1-10-12-4-11(5-20-14(12)7-19-10)13-6-17-8-15(21-13)22-3-2-18-16(23)9-22/h4-6,8H,2-3,7,9H2,1H3,(H,18,23). The van der Waals surface area contributed by atoms with E-state index < -0.39 is 0 Å². The van der Waals surface area contributed by atoms with E-state index in [1.54, 1.807) is 12.4 Å². The molecule has 23 heavy (non-hydrogen) atoms. The van der Waals surface area contributed by atoms with E-state index in [2.05, 4.69) is 31.3 Å². The smallest absolute Gasteiger partial charge is 0.239 e. The zero-order chi connectivity index (χ0) is 15.8. The summed E-state index contributed by atoms with van der Waals surface area (Å²) in [6.07, 6.45) is 5.22. The van der Waals surface area contributed by atoms with Crippen molar-refractivity contribution in [3.63, 3.8) is 0 Å². The average Bonchev–Trinajstić information content (AvgIpc) is 2.96. The highest BCUT2D eigenvalue weighted by Gasteiger charge is 2.19. The fourth-order valence-electron chi connectivity index (χ4n) is 2.83. The molecule has 2 aromatic rings. The Balaban J connectivity index is 1.68. The molecule has 0 unspecified atom stereocenters. The zero-order valence-electron chi connectivity index (χ0n) is 12.8. The average molecular weight is 308 g/mol. The van der Waals surface area contributed by atoms with E-state index in [4.69, 9.17) is 0 Å². The van der Waals surface area contributed by atoms with Crippen molar-refractivity contribution in [3.05, 3.63) is 35.9 Å². The summed E-state index contributed by atoms with van der Waals surface area (Å²) >= 11 is 0. The summed E-state index contributed by atoms with van der Waals surface area (Å²) in [7, 11) is 0. The summed E-state index contributed by atoms with van der Waals surface area (Å²) in [5.41, 5.74) is 4.75. The minimum atomic E-state index is 0.00878. The number of aliphatic imine (C=N–C) groups is 1. The van der Waals surface area contributed by atoms with Crippen LogP contribution in [0, 0.1) is 0 Å². The third kappa shape index (κ3) is 2.54. The topological polar surface area (TPSA) is 83.4 Å². The molecule has 2 aliphatic rings. The maximum absolute atomic E-state index is 11.5. The Morgan fingerprint density at radius 1 is 1.26 bits per heavy atom. The van der Waals surface area contributed by atoms with Gasteiger partial charge in [-0.2, -0.15) is 0 Å². The van der Waals surface area contributed by atoms with Crippen molar-refractivity contribution in [2.75, 3.05) is 24.5 Å². The fraction of sp³-hybridized carbons (Fsp3) is 0.312. The highest BCUT2D eigenvalue weighted by Crippen LogP contribution is 2.24. The van der Waals surface area contributed by atoms with Crippen LogP contribution in [0.2, 0.25) is 0 Å². The van der Waals surface area contributed by atoms with Crippen molar-refractivity contribution in [3.8, 4) is 11.3 Å². The van der Waals surface area contributed by atoms with Gasteiger partial charge in [-0.1, -0.05) is 0 Å². The molecule has 0 aromatic carbocycles. The first-order valence-electron chi connectivity index (χ1n) is 7.55. The number of fused-ring (bicyclic) bond motifs is 1. The normalized spacial score (nSPS) is 16.8. The molecule has 116 valence electrons. The van der Waals surface area contributed by atoms with Gasteiger partial charge >= 0.3 is 0 Å². The second-order valence-electron chi connectivity index (χ2n) is 5.65. The van der Waals surface area contributed by atoms with Crippen LogP contribution in [0.4, 0.5) is 5.82 Å². The van der Waals surface area contributed by atoms with Crippen molar-refractivity contribution in [2.45, 2.75) is 13.5 Å². The number of rotatable bonds is 2. The van der Waals surface area contributed by atoms with Gasteiger partial charge < -0.3 is 10.2 Å². The Bertz CT molecular complexity index is 816. The van der Waals surface area contributed by atoms with Crippen LogP contribution in [-0.4, -0.2) is 46.2 Å². The van der Waals surface area contributed by atoms with Crippen molar-refractivity contribution >= 4 is 17.4 Å². The Morgan fingerprint density at radius 2 is 2.17 bits per heavy atom. The van der Waals surface area contributed by atoms with Crippen LogP contribution < -0.4 is 10.2 Å². The Labute approximate surface area is 133 Å². The fourth-order valence-corrected chi connectivity index (χ4v) is 2.83. The van der Waals surface area contributed by atoms with Crippen molar-refractivity contribution < 1.29 is 4.79 Å². The summed E-state index contributed by atoms with van der Waals surface area (Å²) in [4.78, 5) is 31.3. The lowest BCUT2D eigenvalue weighted by Crippen LogP contribution is -2.48. The van der Waals surface area contributed by atoms with Crippen LogP contribution in [0.15, 0.2) is 29.6 Å². The molecule has 0 aliphatic carbocycles. The predicted octanol–water partition coefficient (Wildman–Crippen LogP) is 0.797. The quantitative estimate of drug-likeness (QED) is 0.887. The lowest BCUT2D eigenvalue weighted by atomic mass is 10.1. The number of piperazine rings is 1. The van der Waals surface area contributed by atoms with Crippen LogP contribution in [0.3, 0.4) is 0 Å². The lowest BCUT2D eigenvalue weighted by Gasteiger charge is -2.27. The number of hydrogen-bond donors (Lipinski definition) is 1. The molecule has 0 saturated carbocycles. The molecule has 0 bridgehead atoms. The molecule has 0 atom stereocenters. The summed E-state index contributed by atoms with van der Waals surface area (Å²) < 4.78 is 0. The summed E-state index contributed by atoms with van der Waals surface area (Å²) in [6.45, 7) is 4.31. The van der Waals surface area contributed by atoms with Gasteiger partial charge in [-0.15, -0.1) is 0 Å². The Kier molecular flexibility index (Phi) is 3.25. The van der Waals surface area contributed by atoms with Crippen molar-refractivity contribution in [1.29, 1.82) is 0 Å². The number of anilines is 1. The van der Waals surface area contributed by atoms with E-state index in [-0.39, 0.29) is 5.91 Å². The number of amides is 1.